The van der Waals surface area contributed by atoms with Gasteiger partial charge in [0, 0.05) is 47.3 Å². The van der Waals surface area contributed by atoms with Gasteiger partial charge in [0.05, 0.1) is 6.04 Å². The number of hydrogen-bond acceptors (Lipinski definition) is 3. The minimum absolute atomic E-state index is 0.0678. The molecule has 0 bridgehead atoms. The number of aliphatic imine (C=N–C) groups is 1. The fourth-order valence-electron chi connectivity index (χ4n) is 5.69. The number of carbonyl (C=O) groups excluding carboxylic acids is 2. The van der Waals surface area contributed by atoms with Crippen molar-refractivity contribution in [3.05, 3.63) is 70.3 Å². The van der Waals surface area contributed by atoms with E-state index >= 15 is 0 Å². The average Bonchev–Trinajstić information content (AvgIpc) is 3.06. The molecule has 1 aromatic carbocycles. The summed E-state index contributed by atoms with van der Waals surface area (Å²) in [6, 6.07) is 10.1. The Balaban J connectivity index is 0.00000226. The Morgan fingerprint density at radius 2 is 1.63 bits per heavy atom. The first kappa shape index (κ1) is 33.1. The van der Waals surface area contributed by atoms with Gasteiger partial charge in [-0.2, -0.15) is 0 Å². The molecule has 1 spiro atoms. The summed E-state index contributed by atoms with van der Waals surface area (Å²) >= 11 is 12.7. The van der Waals surface area contributed by atoms with Crippen LogP contribution >= 0.6 is 23.2 Å². The monoisotopic (exact) mass is 599 g/mol. The molecule has 41 heavy (non-hydrogen) atoms. The molecule has 5 nitrogen and oxygen atoms in total. The van der Waals surface area contributed by atoms with Crippen LogP contribution in [-0.4, -0.2) is 46.1 Å². The first-order valence-corrected chi connectivity index (χ1v) is 15.7. The van der Waals surface area contributed by atoms with Gasteiger partial charge < -0.3 is 9.80 Å². The van der Waals surface area contributed by atoms with Crippen LogP contribution in [0, 0.1) is 16.7 Å². The zero-order valence-electron chi connectivity index (χ0n) is 26.0. The zero-order valence-corrected chi connectivity index (χ0v) is 27.5. The molecule has 1 fully saturated rings. The van der Waals surface area contributed by atoms with Crippen LogP contribution in [0.15, 0.2) is 69.7 Å². The molecule has 4 rings (SSSR count). The van der Waals surface area contributed by atoms with E-state index in [1.165, 1.54) is 0 Å². The van der Waals surface area contributed by atoms with Crippen molar-refractivity contribution in [1.82, 2.24) is 9.80 Å². The molecule has 0 radical (unpaired) electrons. The van der Waals surface area contributed by atoms with Gasteiger partial charge in [-0.3, -0.25) is 14.6 Å². The van der Waals surface area contributed by atoms with E-state index in [4.69, 9.17) is 28.2 Å². The summed E-state index contributed by atoms with van der Waals surface area (Å²) in [7, 11) is 0. The molecule has 224 valence electrons. The van der Waals surface area contributed by atoms with Crippen LogP contribution in [0.2, 0.25) is 0 Å². The maximum atomic E-state index is 14.5. The molecular weight excluding hydrogens is 553 g/mol. The Kier molecular flexibility index (Phi) is 10.7. The second-order valence-corrected chi connectivity index (χ2v) is 14.1. The van der Waals surface area contributed by atoms with Crippen molar-refractivity contribution >= 4 is 40.7 Å². The lowest BCUT2D eigenvalue weighted by Gasteiger charge is -2.47. The highest BCUT2D eigenvalue weighted by atomic mass is 35.5. The average molecular weight is 601 g/mol. The SMILES string of the molecule is CC.CC(C)(C)CCC(c1ccccc1)N1C(=O)C(C2C=CC(Cl)=CC(Cl)=C2)=NC12CCN(C(=O)C(C)(C)C)CC2. The summed E-state index contributed by atoms with van der Waals surface area (Å²) in [5, 5.41) is 0.994. The van der Waals surface area contributed by atoms with Crippen LogP contribution in [0.3, 0.4) is 0 Å². The normalized spacial score (nSPS) is 21.5. The number of piperidine rings is 1. The minimum Gasteiger partial charge on any atom is -0.342 e. The summed E-state index contributed by atoms with van der Waals surface area (Å²) in [6.45, 7) is 17.7. The Morgan fingerprint density at radius 3 is 2.20 bits per heavy atom. The van der Waals surface area contributed by atoms with E-state index in [-0.39, 0.29) is 29.2 Å². The molecule has 2 aliphatic heterocycles. The molecule has 3 aliphatic rings. The van der Waals surface area contributed by atoms with Gasteiger partial charge in [0.15, 0.2) is 0 Å². The highest BCUT2D eigenvalue weighted by Gasteiger charge is 2.53. The van der Waals surface area contributed by atoms with Crippen LogP contribution in [0.1, 0.15) is 92.7 Å². The second-order valence-electron chi connectivity index (χ2n) is 13.2. The number of benzene rings is 1. The summed E-state index contributed by atoms with van der Waals surface area (Å²) in [6.07, 6.45) is 10.1. The van der Waals surface area contributed by atoms with E-state index < -0.39 is 11.1 Å². The van der Waals surface area contributed by atoms with Crippen LogP contribution < -0.4 is 0 Å². The number of carbonyl (C=O) groups is 2. The van der Waals surface area contributed by atoms with Crippen LogP contribution in [0.25, 0.3) is 0 Å². The molecule has 0 saturated carbocycles. The van der Waals surface area contributed by atoms with Gasteiger partial charge in [-0.1, -0.05) is 121 Å². The number of rotatable bonds is 5. The highest BCUT2D eigenvalue weighted by Crippen LogP contribution is 2.45. The van der Waals surface area contributed by atoms with Crippen molar-refractivity contribution < 1.29 is 9.59 Å². The van der Waals surface area contributed by atoms with Crippen molar-refractivity contribution in [2.75, 3.05) is 13.1 Å². The maximum Gasteiger partial charge on any atom is 0.271 e. The van der Waals surface area contributed by atoms with E-state index in [9.17, 15) is 9.59 Å². The number of nitrogens with zero attached hydrogens (tertiary/aromatic N) is 3. The molecule has 2 amide bonds. The molecule has 2 unspecified atom stereocenters. The lowest BCUT2D eigenvalue weighted by molar-refractivity contribution is -0.144. The van der Waals surface area contributed by atoms with Gasteiger partial charge in [0.2, 0.25) is 5.91 Å². The van der Waals surface area contributed by atoms with E-state index in [0.717, 1.165) is 18.4 Å². The van der Waals surface area contributed by atoms with Gasteiger partial charge in [-0.15, -0.1) is 0 Å². The van der Waals surface area contributed by atoms with Crippen molar-refractivity contribution in [2.45, 2.75) is 92.8 Å². The number of allylic oxidation sites excluding steroid dienone is 6. The predicted octanol–water partition coefficient (Wildman–Crippen LogP) is 8.66. The van der Waals surface area contributed by atoms with Crippen molar-refractivity contribution in [3.63, 3.8) is 0 Å². The third-order valence-corrected chi connectivity index (χ3v) is 8.23. The maximum absolute atomic E-state index is 14.5. The third kappa shape index (κ3) is 7.93. The van der Waals surface area contributed by atoms with Gasteiger partial charge in [0.25, 0.3) is 5.91 Å². The van der Waals surface area contributed by atoms with E-state index in [2.05, 4.69) is 32.9 Å². The van der Waals surface area contributed by atoms with E-state index in [1.807, 2.05) is 74.8 Å². The Hall–Kier alpha value is -2.37. The topological polar surface area (TPSA) is 53.0 Å². The van der Waals surface area contributed by atoms with Crippen LogP contribution in [0.5, 0.6) is 0 Å². The van der Waals surface area contributed by atoms with E-state index in [1.54, 1.807) is 12.2 Å². The van der Waals surface area contributed by atoms with Gasteiger partial charge in [-0.25, -0.2) is 0 Å². The zero-order chi connectivity index (χ0) is 30.6. The van der Waals surface area contributed by atoms with Crippen molar-refractivity contribution in [3.8, 4) is 0 Å². The summed E-state index contributed by atoms with van der Waals surface area (Å²) in [5.41, 5.74) is 0.516. The Morgan fingerprint density at radius 1 is 1.02 bits per heavy atom. The Labute approximate surface area is 257 Å². The summed E-state index contributed by atoms with van der Waals surface area (Å²) in [4.78, 5) is 36.8. The predicted molar refractivity (Wildman–Crippen MR) is 172 cm³/mol. The number of likely N-dealkylation sites (tertiary alicyclic amines) is 1. The fraction of sp³-hybridized carbons (Fsp3) is 0.559. The quantitative estimate of drug-likeness (QED) is 0.340. The smallest absolute Gasteiger partial charge is 0.271 e. The first-order valence-electron chi connectivity index (χ1n) is 14.9. The van der Waals surface area contributed by atoms with E-state index in [0.29, 0.717) is 41.7 Å². The Bertz CT molecular complexity index is 1210. The highest BCUT2D eigenvalue weighted by molar-refractivity contribution is 6.43. The minimum atomic E-state index is -0.725. The lowest BCUT2D eigenvalue weighted by Crippen LogP contribution is -2.56. The van der Waals surface area contributed by atoms with Crippen LogP contribution in [0.4, 0.5) is 0 Å². The van der Waals surface area contributed by atoms with Crippen LogP contribution in [-0.2, 0) is 9.59 Å². The molecule has 7 heteroatoms. The fourth-order valence-corrected chi connectivity index (χ4v) is 6.19. The van der Waals surface area contributed by atoms with Gasteiger partial charge in [-0.05, 0) is 36.0 Å². The first-order chi connectivity index (χ1) is 19.2. The molecule has 1 saturated heterocycles. The number of amides is 2. The second kappa shape index (κ2) is 13.3. The molecule has 0 N–H and O–H groups in total. The summed E-state index contributed by atoms with van der Waals surface area (Å²) < 4.78 is 0. The summed E-state index contributed by atoms with van der Waals surface area (Å²) in [5.74, 6) is -0.318. The number of halogens is 2. The molecule has 2 heterocycles. The lowest BCUT2D eigenvalue weighted by atomic mass is 9.84. The molecule has 0 aromatic heterocycles. The number of hydrogen-bond donors (Lipinski definition) is 0. The molecule has 1 aliphatic carbocycles. The van der Waals surface area contributed by atoms with Gasteiger partial charge in [0.1, 0.15) is 11.4 Å². The standard InChI is InChI=1S/C32H41Cl2N3O2.C2H6/c1-30(2,3)15-14-26(22-10-8-7-9-11-22)37-28(38)27(23-12-13-24(33)21-25(34)20-23)35-32(37)16-18-36(19-17-32)29(39)31(4,5)6;1-2/h7-13,20-21,23,26H,14-19H2,1-6H3;1-2H3. The molecule has 1 aromatic rings. The molecule has 2 atom stereocenters. The van der Waals surface area contributed by atoms with Crippen molar-refractivity contribution in [2.24, 2.45) is 21.7 Å². The van der Waals surface area contributed by atoms with Crippen molar-refractivity contribution in [1.29, 1.82) is 0 Å². The molecular formula is C34H47Cl2N3O2. The van der Waals surface area contributed by atoms with Gasteiger partial charge >= 0.3 is 0 Å². The third-order valence-electron chi connectivity index (χ3n) is 7.76. The largest absolute Gasteiger partial charge is 0.342 e.